The van der Waals surface area contributed by atoms with Crippen LogP contribution in [0, 0.1) is 5.92 Å². The fourth-order valence-electron chi connectivity index (χ4n) is 1.90. The third-order valence-corrected chi connectivity index (χ3v) is 3.12. The summed E-state index contributed by atoms with van der Waals surface area (Å²) in [5, 5.41) is 9.88. The van der Waals surface area contributed by atoms with E-state index in [9.17, 15) is 9.90 Å². The van der Waals surface area contributed by atoms with Gasteiger partial charge in [-0.05, 0) is 24.5 Å². The number of carbonyl (C=O) groups is 1. The van der Waals surface area contributed by atoms with E-state index in [2.05, 4.69) is 4.74 Å². The van der Waals surface area contributed by atoms with E-state index in [4.69, 9.17) is 4.42 Å². The largest absolute Gasteiger partial charge is 0.463 e. The maximum absolute atomic E-state index is 11.1. The van der Waals surface area contributed by atoms with E-state index in [0.717, 1.165) is 0 Å². The molecule has 0 saturated heterocycles. The maximum Gasteiger partial charge on any atom is 0.373 e. The highest BCUT2D eigenvalue weighted by atomic mass is 16.5. The zero-order valence-corrected chi connectivity index (χ0v) is 9.31. The van der Waals surface area contributed by atoms with Gasteiger partial charge in [-0.3, -0.25) is 0 Å². The highest BCUT2D eigenvalue weighted by Gasteiger charge is 2.24. The van der Waals surface area contributed by atoms with Gasteiger partial charge in [-0.15, -0.1) is 0 Å². The van der Waals surface area contributed by atoms with Crippen molar-refractivity contribution in [3.63, 3.8) is 0 Å². The first-order valence-electron chi connectivity index (χ1n) is 5.57. The summed E-state index contributed by atoms with van der Waals surface area (Å²) < 4.78 is 9.77. The van der Waals surface area contributed by atoms with Crippen molar-refractivity contribution in [2.45, 2.75) is 31.8 Å². The summed E-state index contributed by atoms with van der Waals surface area (Å²) in [5.74, 6) is 0.682. The zero-order chi connectivity index (χ0) is 11.5. The third kappa shape index (κ3) is 2.27. The van der Waals surface area contributed by atoms with Crippen molar-refractivity contribution >= 4 is 5.97 Å². The smallest absolute Gasteiger partial charge is 0.373 e. The van der Waals surface area contributed by atoms with Crippen molar-refractivity contribution in [1.29, 1.82) is 0 Å². The molecule has 1 unspecified atom stereocenters. The lowest BCUT2D eigenvalue weighted by molar-refractivity contribution is 0.0546. The number of carbonyl (C=O) groups excluding carboxylic acids is 1. The van der Waals surface area contributed by atoms with Crippen LogP contribution in [0.1, 0.15) is 48.1 Å². The van der Waals surface area contributed by atoms with Gasteiger partial charge in [0.15, 0.2) is 0 Å². The number of rotatable bonds is 4. The quantitative estimate of drug-likeness (QED) is 0.797. The number of esters is 1. The molecule has 0 aliphatic heterocycles. The van der Waals surface area contributed by atoms with Crippen LogP contribution in [-0.2, 0) is 4.74 Å². The molecule has 0 amide bonds. The first kappa shape index (κ1) is 11.2. The van der Waals surface area contributed by atoms with E-state index in [1.165, 1.54) is 32.4 Å². The molecule has 0 aromatic carbocycles. The van der Waals surface area contributed by atoms with Crippen LogP contribution >= 0.6 is 0 Å². The van der Waals surface area contributed by atoms with Crippen LogP contribution in [0.2, 0.25) is 0 Å². The van der Waals surface area contributed by atoms with Crippen molar-refractivity contribution < 1.29 is 19.1 Å². The Balaban J connectivity index is 1.97. The normalized spacial score (nSPS) is 17.9. The van der Waals surface area contributed by atoms with E-state index in [1.54, 1.807) is 6.07 Å². The number of hydrogen-bond acceptors (Lipinski definition) is 4. The van der Waals surface area contributed by atoms with Crippen molar-refractivity contribution in [2.24, 2.45) is 5.92 Å². The molecule has 1 aliphatic rings. The molecule has 4 heteroatoms. The van der Waals surface area contributed by atoms with Crippen molar-refractivity contribution in [3.8, 4) is 0 Å². The van der Waals surface area contributed by atoms with Crippen molar-refractivity contribution in [1.82, 2.24) is 0 Å². The van der Waals surface area contributed by atoms with Gasteiger partial charge in [0.25, 0.3) is 0 Å². The van der Waals surface area contributed by atoms with Crippen LogP contribution in [0.3, 0.4) is 0 Å². The van der Waals surface area contributed by atoms with E-state index >= 15 is 0 Å². The van der Waals surface area contributed by atoms with Gasteiger partial charge in [-0.1, -0.05) is 19.3 Å². The SMILES string of the molecule is COC(=O)c1ccc(C(O)CC2CCC2)o1. The molecule has 88 valence electrons. The Bertz CT molecular complexity index is 365. The number of aliphatic hydroxyl groups is 1. The Labute approximate surface area is 94.2 Å². The predicted octanol–water partition coefficient (Wildman–Crippen LogP) is 2.29. The van der Waals surface area contributed by atoms with Gasteiger partial charge in [0.05, 0.1) is 7.11 Å². The first-order valence-corrected chi connectivity index (χ1v) is 5.57. The van der Waals surface area contributed by atoms with Gasteiger partial charge in [-0.25, -0.2) is 4.79 Å². The molecular weight excluding hydrogens is 208 g/mol. The number of ether oxygens (including phenoxy) is 1. The average Bonchev–Trinajstić information content (AvgIpc) is 2.71. The molecule has 1 fully saturated rings. The molecule has 1 aromatic rings. The molecule has 0 spiro atoms. The molecule has 1 atom stereocenters. The Morgan fingerprint density at radius 2 is 2.38 bits per heavy atom. The zero-order valence-electron chi connectivity index (χ0n) is 9.31. The number of aliphatic hydroxyl groups excluding tert-OH is 1. The summed E-state index contributed by atoms with van der Waals surface area (Å²) in [7, 11) is 1.30. The molecule has 0 bridgehead atoms. The second-order valence-electron chi connectivity index (χ2n) is 4.24. The molecule has 1 N–H and O–H groups in total. The van der Waals surface area contributed by atoms with Crippen LogP contribution < -0.4 is 0 Å². The molecule has 1 aliphatic carbocycles. The van der Waals surface area contributed by atoms with Crippen molar-refractivity contribution in [2.75, 3.05) is 7.11 Å². The second-order valence-corrected chi connectivity index (χ2v) is 4.24. The molecule has 0 radical (unpaired) electrons. The topological polar surface area (TPSA) is 59.7 Å². The van der Waals surface area contributed by atoms with Crippen LogP contribution in [0.4, 0.5) is 0 Å². The van der Waals surface area contributed by atoms with Crippen LogP contribution in [0.5, 0.6) is 0 Å². The van der Waals surface area contributed by atoms with E-state index in [-0.39, 0.29) is 5.76 Å². The molecule has 1 saturated carbocycles. The summed E-state index contributed by atoms with van der Waals surface area (Å²) in [6.45, 7) is 0. The fourth-order valence-corrected chi connectivity index (χ4v) is 1.90. The maximum atomic E-state index is 11.1. The first-order chi connectivity index (χ1) is 7.70. The van der Waals surface area contributed by atoms with Gasteiger partial charge in [0, 0.05) is 0 Å². The number of methoxy groups -OCH3 is 1. The summed E-state index contributed by atoms with van der Waals surface area (Å²) in [6.07, 6.45) is 3.73. The lowest BCUT2D eigenvalue weighted by Gasteiger charge is -2.26. The lowest BCUT2D eigenvalue weighted by Crippen LogP contribution is -2.14. The lowest BCUT2D eigenvalue weighted by atomic mass is 9.81. The number of furan rings is 1. The Kier molecular flexibility index (Phi) is 3.29. The van der Waals surface area contributed by atoms with E-state index < -0.39 is 12.1 Å². The molecule has 1 aromatic heterocycles. The standard InChI is InChI=1S/C12H16O4/c1-15-12(14)11-6-5-10(16-11)9(13)7-8-3-2-4-8/h5-6,8-9,13H,2-4,7H2,1H3. The average molecular weight is 224 g/mol. The van der Waals surface area contributed by atoms with Gasteiger partial charge in [0.1, 0.15) is 11.9 Å². The van der Waals surface area contributed by atoms with Gasteiger partial charge in [-0.2, -0.15) is 0 Å². The Morgan fingerprint density at radius 3 is 2.94 bits per heavy atom. The monoisotopic (exact) mass is 224 g/mol. The minimum Gasteiger partial charge on any atom is -0.463 e. The van der Waals surface area contributed by atoms with Gasteiger partial charge >= 0.3 is 5.97 Å². The van der Waals surface area contributed by atoms with Gasteiger partial charge in [0.2, 0.25) is 5.76 Å². The molecule has 2 rings (SSSR count). The summed E-state index contributed by atoms with van der Waals surface area (Å²) in [4.78, 5) is 11.1. The van der Waals surface area contributed by atoms with E-state index in [1.807, 2.05) is 0 Å². The third-order valence-electron chi connectivity index (χ3n) is 3.12. The van der Waals surface area contributed by atoms with E-state index in [0.29, 0.717) is 18.1 Å². The van der Waals surface area contributed by atoms with Crippen LogP contribution in [0.15, 0.2) is 16.5 Å². The highest BCUT2D eigenvalue weighted by molar-refractivity contribution is 5.86. The molecule has 1 heterocycles. The molecular formula is C12H16O4. The van der Waals surface area contributed by atoms with Gasteiger partial charge < -0.3 is 14.3 Å². The summed E-state index contributed by atoms with van der Waals surface area (Å²) in [5.41, 5.74) is 0. The van der Waals surface area contributed by atoms with Crippen molar-refractivity contribution in [3.05, 3.63) is 23.7 Å². The predicted molar refractivity (Wildman–Crippen MR) is 57.0 cm³/mol. The minimum atomic E-state index is -0.608. The van der Waals surface area contributed by atoms with Crippen LogP contribution in [-0.4, -0.2) is 18.2 Å². The number of hydrogen-bond donors (Lipinski definition) is 1. The summed E-state index contributed by atoms with van der Waals surface area (Å²) >= 11 is 0. The molecule has 4 nitrogen and oxygen atoms in total. The fraction of sp³-hybridized carbons (Fsp3) is 0.583. The summed E-state index contributed by atoms with van der Waals surface area (Å²) in [6, 6.07) is 3.17. The minimum absolute atomic E-state index is 0.144. The van der Waals surface area contributed by atoms with Crippen LogP contribution in [0.25, 0.3) is 0 Å². The second kappa shape index (κ2) is 4.70. The highest BCUT2D eigenvalue weighted by Crippen LogP contribution is 2.35. The Hall–Kier alpha value is -1.29. The molecule has 16 heavy (non-hydrogen) atoms. The Morgan fingerprint density at radius 1 is 1.62 bits per heavy atom.